The van der Waals surface area contributed by atoms with Gasteiger partial charge < -0.3 is 10.5 Å². The summed E-state index contributed by atoms with van der Waals surface area (Å²) >= 11 is 0. The van der Waals surface area contributed by atoms with Gasteiger partial charge in [0.1, 0.15) is 23.9 Å². The van der Waals surface area contributed by atoms with Crippen molar-refractivity contribution in [2.75, 3.05) is 12.3 Å². The number of carbonyl (C=O) groups is 1. The van der Waals surface area contributed by atoms with Gasteiger partial charge in [0.2, 0.25) is 0 Å². The number of anilines is 1. The van der Waals surface area contributed by atoms with E-state index in [1.165, 1.54) is 16.8 Å². The van der Waals surface area contributed by atoms with Crippen LogP contribution in [-0.4, -0.2) is 22.4 Å². The molecule has 0 aliphatic rings. The van der Waals surface area contributed by atoms with Crippen LogP contribution in [0.25, 0.3) is 5.69 Å². The van der Waals surface area contributed by atoms with E-state index in [-0.39, 0.29) is 29.2 Å². The van der Waals surface area contributed by atoms with E-state index >= 15 is 0 Å². The molecule has 0 aliphatic carbocycles. The lowest BCUT2D eigenvalue weighted by Gasteiger charge is -2.09. The average Bonchev–Trinajstić information content (AvgIpc) is 2.88. The van der Waals surface area contributed by atoms with Crippen LogP contribution in [0.15, 0.2) is 18.2 Å². The second-order valence-corrected chi connectivity index (χ2v) is 4.48. The van der Waals surface area contributed by atoms with Crippen LogP contribution in [0.3, 0.4) is 0 Å². The Hall–Kier alpha value is -3.83. The lowest BCUT2D eigenvalue weighted by atomic mass is 10.1. The molecule has 0 atom stereocenters. The van der Waals surface area contributed by atoms with Gasteiger partial charge in [0.15, 0.2) is 18.0 Å². The number of hydrogen-bond donors (Lipinski definition) is 1. The van der Waals surface area contributed by atoms with Gasteiger partial charge in [-0.2, -0.15) is 20.9 Å². The molecule has 1 aromatic carbocycles. The van der Waals surface area contributed by atoms with Crippen molar-refractivity contribution in [1.82, 2.24) is 9.78 Å². The quantitative estimate of drug-likeness (QED) is 0.839. The molecular weight excluding hydrogens is 296 g/mol. The number of aromatic nitrogens is 2. The molecule has 0 fully saturated rings. The maximum absolute atomic E-state index is 11.8. The summed E-state index contributed by atoms with van der Waals surface area (Å²) < 4.78 is 5.96. The fourth-order valence-electron chi connectivity index (χ4n) is 1.94. The molecule has 0 radical (unpaired) electrons. The Morgan fingerprint density at radius 3 is 2.70 bits per heavy atom. The summed E-state index contributed by atoms with van der Waals surface area (Å²) in [4.78, 5) is 11.8. The van der Waals surface area contributed by atoms with Crippen LogP contribution in [0, 0.1) is 40.9 Å². The lowest BCUT2D eigenvalue weighted by Crippen LogP contribution is -2.09. The number of carbonyl (C=O) groups excluding carboxylic acids is 1. The summed E-state index contributed by atoms with van der Waals surface area (Å²) in [5, 5.41) is 30.7. The Bertz CT molecular complexity index is 908. The Balaban J connectivity index is 2.57. The fourth-order valence-corrected chi connectivity index (χ4v) is 1.94. The van der Waals surface area contributed by atoms with Gasteiger partial charge in [0.05, 0.1) is 11.3 Å². The summed E-state index contributed by atoms with van der Waals surface area (Å²) in [6, 6.07) is 10.0. The van der Waals surface area contributed by atoms with Gasteiger partial charge in [0, 0.05) is 0 Å². The van der Waals surface area contributed by atoms with Crippen LogP contribution < -0.4 is 5.73 Å². The van der Waals surface area contributed by atoms with Crippen LogP contribution in [0.2, 0.25) is 0 Å². The molecule has 2 rings (SSSR count). The SMILES string of the molecule is Cc1ccc(C(=O)OCC#N)cc1-n1nc(C#N)c(N)c1C#N. The minimum atomic E-state index is -0.674. The highest BCUT2D eigenvalue weighted by molar-refractivity contribution is 5.90. The smallest absolute Gasteiger partial charge is 0.339 e. The summed E-state index contributed by atoms with van der Waals surface area (Å²) in [5.41, 5.74) is 6.96. The van der Waals surface area contributed by atoms with Gasteiger partial charge >= 0.3 is 5.97 Å². The summed E-state index contributed by atoms with van der Waals surface area (Å²) in [6.07, 6.45) is 0. The number of nitriles is 3. The third-order valence-corrected chi connectivity index (χ3v) is 3.07. The fraction of sp³-hybridized carbons (Fsp3) is 0.133. The molecule has 112 valence electrons. The normalized spacial score (nSPS) is 9.48. The van der Waals surface area contributed by atoms with E-state index in [9.17, 15) is 10.1 Å². The summed E-state index contributed by atoms with van der Waals surface area (Å²) in [6.45, 7) is 1.39. The van der Waals surface area contributed by atoms with E-state index in [1.54, 1.807) is 19.1 Å². The number of aryl methyl sites for hydroxylation is 1. The number of nitrogen functional groups attached to an aromatic ring is 1. The molecule has 2 aromatic rings. The Kier molecular flexibility index (Phi) is 4.26. The molecule has 0 amide bonds. The van der Waals surface area contributed by atoms with Crippen molar-refractivity contribution >= 4 is 11.7 Å². The zero-order chi connectivity index (χ0) is 17.0. The first-order valence-electron chi connectivity index (χ1n) is 6.37. The summed E-state index contributed by atoms with van der Waals surface area (Å²) in [7, 11) is 0. The molecule has 0 bridgehead atoms. The minimum absolute atomic E-state index is 0.00666. The molecule has 0 spiro atoms. The third-order valence-electron chi connectivity index (χ3n) is 3.07. The number of nitrogens with zero attached hydrogens (tertiary/aromatic N) is 5. The summed E-state index contributed by atoms with van der Waals surface area (Å²) in [5.74, 6) is -0.674. The Labute approximate surface area is 131 Å². The average molecular weight is 306 g/mol. The van der Waals surface area contributed by atoms with Crippen molar-refractivity contribution in [1.29, 1.82) is 15.8 Å². The van der Waals surface area contributed by atoms with E-state index in [2.05, 4.69) is 5.10 Å². The molecule has 0 unspecified atom stereocenters. The predicted molar refractivity (Wildman–Crippen MR) is 78.0 cm³/mol. The molecule has 0 aliphatic heterocycles. The van der Waals surface area contributed by atoms with Gasteiger partial charge in [-0.3, -0.25) is 0 Å². The van der Waals surface area contributed by atoms with Crippen LogP contribution in [0.5, 0.6) is 0 Å². The third kappa shape index (κ3) is 2.80. The van der Waals surface area contributed by atoms with Gasteiger partial charge in [0.25, 0.3) is 0 Å². The first kappa shape index (κ1) is 15.6. The predicted octanol–water partition coefficient (Wildman–Crippen LogP) is 1.19. The number of rotatable bonds is 3. The van der Waals surface area contributed by atoms with Crippen LogP contribution in [0.4, 0.5) is 5.69 Å². The first-order valence-corrected chi connectivity index (χ1v) is 6.37. The standard InChI is InChI=1S/C15H10N6O2/c1-9-2-3-10(15(22)23-5-4-16)6-12(9)21-13(8-18)14(19)11(7-17)20-21/h2-3,6H,5,19H2,1H3. The number of nitrogens with two attached hydrogens (primary N) is 1. The first-order chi connectivity index (χ1) is 11.0. The largest absolute Gasteiger partial charge is 0.447 e. The highest BCUT2D eigenvalue weighted by Crippen LogP contribution is 2.23. The minimum Gasteiger partial charge on any atom is -0.447 e. The lowest BCUT2D eigenvalue weighted by molar-refractivity contribution is 0.0555. The zero-order valence-corrected chi connectivity index (χ0v) is 12.1. The monoisotopic (exact) mass is 306 g/mol. The van der Waals surface area contributed by atoms with Crippen molar-refractivity contribution in [2.45, 2.75) is 6.92 Å². The topological polar surface area (TPSA) is 142 Å². The zero-order valence-electron chi connectivity index (χ0n) is 12.1. The maximum atomic E-state index is 11.8. The van der Waals surface area contributed by atoms with E-state index in [0.29, 0.717) is 11.3 Å². The van der Waals surface area contributed by atoms with Crippen molar-refractivity contribution < 1.29 is 9.53 Å². The number of ether oxygens (including phenoxy) is 1. The molecule has 8 heteroatoms. The number of benzene rings is 1. The molecule has 1 aromatic heterocycles. The Morgan fingerprint density at radius 2 is 2.09 bits per heavy atom. The second kappa shape index (κ2) is 6.30. The van der Waals surface area contributed by atoms with Gasteiger partial charge in [-0.1, -0.05) is 6.07 Å². The molecule has 1 heterocycles. The van der Waals surface area contributed by atoms with E-state index in [0.717, 1.165) is 0 Å². The number of esters is 1. The van der Waals surface area contributed by atoms with E-state index in [1.807, 2.05) is 12.1 Å². The van der Waals surface area contributed by atoms with Crippen molar-refractivity contribution in [2.24, 2.45) is 0 Å². The van der Waals surface area contributed by atoms with Gasteiger partial charge in [-0.25, -0.2) is 9.48 Å². The number of hydrogen-bond acceptors (Lipinski definition) is 7. The molecule has 8 nitrogen and oxygen atoms in total. The second-order valence-electron chi connectivity index (χ2n) is 4.48. The van der Waals surface area contributed by atoms with Crippen molar-refractivity contribution in [3.63, 3.8) is 0 Å². The molecule has 2 N–H and O–H groups in total. The van der Waals surface area contributed by atoms with Crippen LogP contribution in [0.1, 0.15) is 27.3 Å². The highest BCUT2D eigenvalue weighted by atomic mass is 16.5. The molecule has 0 saturated carbocycles. The van der Waals surface area contributed by atoms with Crippen molar-refractivity contribution in [3.8, 4) is 23.9 Å². The Morgan fingerprint density at radius 1 is 1.35 bits per heavy atom. The highest BCUT2D eigenvalue weighted by Gasteiger charge is 2.19. The molecule has 23 heavy (non-hydrogen) atoms. The van der Waals surface area contributed by atoms with E-state index < -0.39 is 5.97 Å². The van der Waals surface area contributed by atoms with Gasteiger partial charge in [-0.15, -0.1) is 0 Å². The molecular formula is C15H10N6O2. The maximum Gasteiger partial charge on any atom is 0.339 e. The van der Waals surface area contributed by atoms with Crippen LogP contribution in [-0.2, 0) is 4.74 Å². The van der Waals surface area contributed by atoms with Crippen molar-refractivity contribution in [3.05, 3.63) is 40.7 Å². The van der Waals surface area contributed by atoms with E-state index in [4.69, 9.17) is 21.0 Å². The van der Waals surface area contributed by atoms with Gasteiger partial charge in [-0.05, 0) is 24.6 Å². The molecule has 0 saturated heterocycles. The van der Waals surface area contributed by atoms with Crippen LogP contribution >= 0.6 is 0 Å².